The van der Waals surface area contributed by atoms with Gasteiger partial charge in [0.05, 0.1) is 11.1 Å². The SMILES string of the molecule is C=CCC1OC(NC)=C(c2cccc(C(F)(F)F)c2)C1=O. The maximum atomic E-state index is 12.8. The zero-order valence-corrected chi connectivity index (χ0v) is 11.3. The smallest absolute Gasteiger partial charge is 0.416 e. The van der Waals surface area contributed by atoms with Crippen molar-refractivity contribution in [1.82, 2.24) is 5.32 Å². The van der Waals surface area contributed by atoms with Crippen LogP contribution in [0, 0.1) is 0 Å². The van der Waals surface area contributed by atoms with Crippen LogP contribution in [0.3, 0.4) is 0 Å². The fourth-order valence-corrected chi connectivity index (χ4v) is 2.14. The predicted molar refractivity (Wildman–Crippen MR) is 72.1 cm³/mol. The minimum atomic E-state index is -4.46. The van der Waals surface area contributed by atoms with Crippen molar-refractivity contribution in [1.29, 1.82) is 0 Å². The molecule has 1 N–H and O–H groups in total. The first-order chi connectivity index (χ1) is 9.88. The van der Waals surface area contributed by atoms with Crippen LogP contribution in [0.4, 0.5) is 13.2 Å². The van der Waals surface area contributed by atoms with Gasteiger partial charge in [0.25, 0.3) is 0 Å². The maximum Gasteiger partial charge on any atom is 0.416 e. The molecule has 1 aliphatic rings. The van der Waals surface area contributed by atoms with Crippen LogP contribution < -0.4 is 5.32 Å². The number of Topliss-reactive ketones (excluding diaryl/α,β-unsaturated/α-hetero) is 1. The van der Waals surface area contributed by atoms with Gasteiger partial charge in [-0.05, 0) is 17.7 Å². The van der Waals surface area contributed by atoms with Gasteiger partial charge < -0.3 is 10.1 Å². The molecular weight excluding hydrogens is 283 g/mol. The summed E-state index contributed by atoms with van der Waals surface area (Å²) in [5.74, 6) is -0.162. The van der Waals surface area contributed by atoms with Crippen molar-refractivity contribution in [2.24, 2.45) is 0 Å². The molecule has 0 spiro atoms. The largest absolute Gasteiger partial charge is 0.467 e. The van der Waals surface area contributed by atoms with Crippen LogP contribution >= 0.6 is 0 Å². The summed E-state index contributed by atoms with van der Waals surface area (Å²) in [6.07, 6.45) is -3.37. The third-order valence-electron chi connectivity index (χ3n) is 3.11. The van der Waals surface area contributed by atoms with Crippen LogP contribution in [0.25, 0.3) is 5.57 Å². The maximum absolute atomic E-state index is 12.8. The second kappa shape index (κ2) is 5.63. The molecule has 1 atom stereocenters. The van der Waals surface area contributed by atoms with Gasteiger partial charge in [-0.3, -0.25) is 4.79 Å². The third kappa shape index (κ3) is 2.94. The fourth-order valence-electron chi connectivity index (χ4n) is 2.14. The van der Waals surface area contributed by atoms with Crippen LogP contribution in [0.1, 0.15) is 17.5 Å². The average Bonchev–Trinajstić information content (AvgIpc) is 2.75. The summed E-state index contributed by atoms with van der Waals surface area (Å²) in [4.78, 5) is 12.3. The highest BCUT2D eigenvalue weighted by atomic mass is 19.4. The first kappa shape index (κ1) is 15.2. The van der Waals surface area contributed by atoms with Crippen molar-refractivity contribution < 1.29 is 22.7 Å². The van der Waals surface area contributed by atoms with E-state index in [0.717, 1.165) is 12.1 Å². The lowest BCUT2D eigenvalue weighted by molar-refractivity contribution is -0.137. The molecular formula is C15H14F3NO2. The summed E-state index contributed by atoms with van der Waals surface area (Å²) >= 11 is 0. The van der Waals surface area contributed by atoms with Gasteiger partial charge >= 0.3 is 6.18 Å². The number of nitrogens with one attached hydrogen (secondary N) is 1. The van der Waals surface area contributed by atoms with Crippen LogP contribution in [0.2, 0.25) is 0 Å². The van der Waals surface area contributed by atoms with E-state index in [2.05, 4.69) is 11.9 Å². The highest BCUT2D eigenvalue weighted by Crippen LogP contribution is 2.34. The number of benzene rings is 1. The molecule has 0 aliphatic carbocycles. The molecule has 0 aromatic heterocycles. The van der Waals surface area contributed by atoms with Gasteiger partial charge in [0.15, 0.2) is 12.0 Å². The van der Waals surface area contributed by atoms with Gasteiger partial charge in [0.2, 0.25) is 5.78 Å². The second-order valence-corrected chi connectivity index (χ2v) is 4.53. The standard InChI is InChI=1S/C15H14F3NO2/c1-3-5-11-13(20)12(14(19-2)21-11)9-6-4-7-10(8-9)15(16,17)18/h3-4,6-8,11,19H,1,5H2,2H3. The number of hydrogen-bond donors (Lipinski definition) is 1. The molecule has 0 radical (unpaired) electrons. The van der Waals surface area contributed by atoms with Crippen LogP contribution in [-0.4, -0.2) is 18.9 Å². The second-order valence-electron chi connectivity index (χ2n) is 4.53. The number of carbonyl (C=O) groups excluding carboxylic acids is 1. The summed E-state index contributed by atoms with van der Waals surface area (Å²) in [5.41, 5.74) is -0.482. The van der Waals surface area contributed by atoms with Gasteiger partial charge in [-0.1, -0.05) is 18.2 Å². The number of rotatable bonds is 4. The van der Waals surface area contributed by atoms with E-state index in [4.69, 9.17) is 4.74 Å². The Hall–Kier alpha value is -2.24. The first-order valence-corrected chi connectivity index (χ1v) is 6.30. The fraction of sp³-hybridized carbons (Fsp3) is 0.267. The first-order valence-electron chi connectivity index (χ1n) is 6.30. The molecule has 1 aromatic rings. The van der Waals surface area contributed by atoms with E-state index < -0.39 is 17.8 Å². The minimum Gasteiger partial charge on any atom is -0.467 e. The molecule has 3 nitrogen and oxygen atoms in total. The van der Waals surface area contributed by atoms with Crippen molar-refractivity contribution in [3.63, 3.8) is 0 Å². The number of alkyl halides is 3. The molecule has 21 heavy (non-hydrogen) atoms. The third-order valence-corrected chi connectivity index (χ3v) is 3.11. The topological polar surface area (TPSA) is 38.3 Å². The molecule has 112 valence electrons. The van der Waals surface area contributed by atoms with Gasteiger partial charge in [0.1, 0.15) is 0 Å². The molecule has 0 saturated heterocycles. The molecule has 0 amide bonds. The van der Waals surface area contributed by atoms with E-state index in [-0.39, 0.29) is 22.8 Å². The molecule has 6 heteroatoms. The monoisotopic (exact) mass is 297 g/mol. The normalized spacial score (nSPS) is 18.7. The van der Waals surface area contributed by atoms with E-state index in [9.17, 15) is 18.0 Å². The van der Waals surface area contributed by atoms with Crippen molar-refractivity contribution in [3.05, 3.63) is 53.9 Å². The quantitative estimate of drug-likeness (QED) is 0.868. The summed E-state index contributed by atoms with van der Waals surface area (Å²) in [6, 6.07) is 4.64. The molecule has 1 heterocycles. The summed E-state index contributed by atoms with van der Waals surface area (Å²) in [7, 11) is 1.55. The number of carbonyl (C=O) groups is 1. The number of ketones is 1. The molecule has 0 bridgehead atoms. The Morgan fingerprint density at radius 1 is 1.43 bits per heavy atom. The van der Waals surface area contributed by atoms with E-state index in [0.29, 0.717) is 6.42 Å². The molecule has 0 fully saturated rings. The number of ether oxygens (including phenoxy) is 1. The molecule has 1 aromatic carbocycles. The highest BCUT2D eigenvalue weighted by Gasteiger charge is 2.36. The van der Waals surface area contributed by atoms with Crippen LogP contribution in [0.5, 0.6) is 0 Å². The van der Waals surface area contributed by atoms with E-state index in [1.165, 1.54) is 18.2 Å². The molecule has 1 aliphatic heterocycles. The summed E-state index contributed by atoms with van der Waals surface area (Å²) in [6.45, 7) is 3.53. The minimum absolute atomic E-state index is 0.135. The molecule has 0 saturated carbocycles. The van der Waals surface area contributed by atoms with Crippen molar-refractivity contribution in [2.45, 2.75) is 18.7 Å². The van der Waals surface area contributed by atoms with Gasteiger partial charge in [0, 0.05) is 13.5 Å². The summed E-state index contributed by atoms with van der Waals surface area (Å²) in [5, 5.41) is 2.71. The Balaban J connectivity index is 2.44. The average molecular weight is 297 g/mol. The van der Waals surface area contributed by atoms with Crippen LogP contribution in [0.15, 0.2) is 42.8 Å². The van der Waals surface area contributed by atoms with Gasteiger partial charge in [-0.15, -0.1) is 6.58 Å². The van der Waals surface area contributed by atoms with E-state index in [1.807, 2.05) is 0 Å². The van der Waals surface area contributed by atoms with E-state index in [1.54, 1.807) is 7.05 Å². The van der Waals surface area contributed by atoms with E-state index >= 15 is 0 Å². The Morgan fingerprint density at radius 3 is 2.71 bits per heavy atom. The van der Waals surface area contributed by atoms with Crippen molar-refractivity contribution in [3.8, 4) is 0 Å². The molecule has 1 unspecified atom stereocenters. The van der Waals surface area contributed by atoms with Crippen molar-refractivity contribution in [2.75, 3.05) is 7.05 Å². The zero-order valence-electron chi connectivity index (χ0n) is 11.3. The van der Waals surface area contributed by atoms with Crippen LogP contribution in [-0.2, 0) is 15.7 Å². The Kier molecular flexibility index (Phi) is 4.06. The lowest BCUT2D eigenvalue weighted by Crippen LogP contribution is -2.17. The van der Waals surface area contributed by atoms with Crippen molar-refractivity contribution >= 4 is 11.4 Å². The highest BCUT2D eigenvalue weighted by molar-refractivity contribution is 6.25. The Labute approximate surface area is 120 Å². The summed E-state index contributed by atoms with van der Waals surface area (Å²) < 4.78 is 43.7. The lowest BCUT2D eigenvalue weighted by atomic mass is 9.97. The number of halogens is 3. The Morgan fingerprint density at radius 2 is 2.14 bits per heavy atom. The zero-order chi connectivity index (χ0) is 15.6. The predicted octanol–water partition coefficient (Wildman–Crippen LogP) is 3.14. The van der Waals surface area contributed by atoms with Gasteiger partial charge in [-0.2, -0.15) is 13.2 Å². The molecule has 2 rings (SSSR count). The lowest BCUT2D eigenvalue weighted by Gasteiger charge is -2.09. The Bertz CT molecular complexity index is 605. The number of hydrogen-bond acceptors (Lipinski definition) is 3. The van der Waals surface area contributed by atoms with Gasteiger partial charge in [-0.25, -0.2) is 0 Å².